The maximum Gasteiger partial charge on any atom is 0.265 e. The molecule has 0 bridgehead atoms. The standard InChI is InChI=1S/C9H14Cl3NO/c1-5-6(8(2,3)4)14-7(13)9(10,11)12/h5-6,13H,1H2,2-4H3. The summed E-state index contributed by atoms with van der Waals surface area (Å²) in [4.78, 5) is 0. The molecular weight excluding hydrogens is 244 g/mol. The number of halogens is 3. The van der Waals surface area contributed by atoms with E-state index < -0.39 is 3.79 Å². The molecule has 0 aliphatic heterocycles. The van der Waals surface area contributed by atoms with Gasteiger partial charge in [0.1, 0.15) is 6.10 Å². The Labute approximate surface area is 99.7 Å². The van der Waals surface area contributed by atoms with Crippen LogP contribution in [-0.2, 0) is 4.74 Å². The highest BCUT2D eigenvalue weighted by atomic mass is 35.6. The average Bonchev–Trinajstić information content (AvgIpc) is 1.95. The third-order valence-electron chi connectivity index (χ3n) is 1.57. The third-order valence-corrected chi connectivity index (χ3v) is 2.08. The SMILES string of the molecule is C=CC(OC(=N)C(Cl)(Cl)Cl)C(C)(C)C. The average molecular weight is 259 g/mol. The fourth-order valence-electron chi connectivity index (χ4n) is 0.772. The highest BCUT2D eigenvalue weighted by molar-refractivity contribution is 6.76. The van der Waals surface area contributed by atoms with Crippen molar-refractivity contribution >= 4 is 40.7 Å². The first-order valence-electron chi connectivity index (χ1n) is 4.04. The van der Waals surface area contributed by atoms with Crippen molar-refractivity contribution in [3.63, 3.8) is 0 Å². The van der Waals surface area contributed by atoms with Crippen LogP contribution in [0.5, 0.6) is 0 Å². The van der Waals surface area contributed by atoms with Crippen molar-refractivity contribution in [1.29, 1.82) is 5.41 Å². The van der Waals surface area contributed by atoms with Gasteiger partial charge >= 0.3 is 0 Å². The Morgan fingerprint density at radius 3 is 2.00 bits per heavy atom. The maximum atomic E-state index is 7.39. The Morgan fingerprint density at radius 1 is 1.36 bits per heavy atom. The molecule has 1 atom stereocenters. The maximum absolute atomic E-state index is 7.39. The molecule has 0 aromatic heterocycles. The van der Waals surface area contributed by atoms with E-state index in [1.165, 1.54) is 0 Å². The molecule has 0 aromatic rings. The quantitative estimate of drug-likeness (QED) is 0.346. The summed E-state index contributed by atoms with van der Waals surface area (Å²) in [6.07, 6.45) is 1.23. The van der Waals surface area contributed by atoms with Gasteiger partial charge in [0.2, 0.25) is 5.90 Å². The molecule has 0 spiro atoms. The first kappa shape index (κ1) is 14.1. The Hall–Kier alpha value is 0.0800. The molecule has 0 saturated heterocycles. The summed E-state index contributed by atoms with van der Waals surface area (Å²) in [5.74, 6) is -0.387. The minimum atomic E-state index is -1.81. The zero-order chi connectivity index (χ0) is 11.6. The van der Waals surface area contributed by atoms with Crippen LogP contribution < -0.4 is 0 Å². The fraction of sp³-hybridized carbons (Fsp3) is 0.667. The summed E-state index contributed by atoms with van der Waals surface area (Å²) in [6.45, 7) is 9.46. The van der Waals surface area contributed by atoms with Crippen molar-refractivity contribution < 1.29 is 4.74 Å². The van der Waals surface area contributed by atoms with E-state index in [4.69, 9.17) is 44.9 Å². The van der Waals surface area contributed by atoms with Gasteiger partial charge < -0.3 is 4.74 Å². The molecule has 2 nitrogen and oxygen atoms in total. The summed E-state index contributed by atoms with van der Waals surface area (Å²) in [7, 11) is 0. The monoisotopic (exact) mass is 257 g/mol. The molecule has 14 heavy (non-hydrogen) atoms. The molecule has 0 radical (unpaired) electrons. The molecule has 0 heterocycles. The molecule has 0 rings (SSSR count). The number of hydrogen-bond donors (Lipinski definition) is 1. The smallest absolute Gasteiger partial charge is 0.265 e. The molecule has 0 aromatic carbocycles. The van der Waals surface area contributed by atoms with Crippen LogP contribution in [0.1, 0.15) is 20.8 Å². The minimum absolute atomic E-state index is 0.191. The van der Waals surface area contributed by atoms with Crippen LogP contribution >= 0.6 is 34.8 Å². The molecule has 0 fully saturated rings. The van der Waals surface area contributed by atoms with E-state index in [9.17, 15) is 0 Å². The van der Waals surface area contributed by atoms with Gasteiger partial charge in [0, 0.05) is 5.41 Å². The predicted octanol–water partition coefficient (Wildman–Crippen LogP) is 3.95. The van der Waals surface area contributed by atoms with Crippen LogP contribution in [0.25, 0.3) is 0 Å². The summed E-state index contributed by atoms with van der Waals surface area (Å²) >= 11 is 16.4. The lowest BCUT2D eigenvalue weighted by molar-refractivity contribution is 0.114. The van der Waals surface area contributed by atoms with Gasteiger partial charge in [-0.2, -0.15) is 0 Å². The summed E-state index contributed by atoms with van der Waals surface area (Å²) in [5, 5.41) is 7.39. The van der Waals surface area contributed by atoms with Gasteiger partial charge in [-0.15, -0.1) is 0 Å². The molecule has 5 heteroatoms. The number of rotatable bonds is 2. The van der Waals surface area contributed by atoms with E-state index in [1.807, 2.05) is 20.8 Å². The normalized spacial score (nSPS) is 14.7. The number of hydrogen-bond acceptors (Lipinski definition) is 2. The van der Waals surface area contributed by atoms with Crippen LogP contribution in [0.2, 0.25) is 0 Å². The van der Waals surface area contributed by atoms with Crippen molar-refractivity contribution in [3.05, 3.63) is 12.7 Å². The molecular formula is C9H14Cl3NO. The van der Waals surface area contributed by atoms with E-state index in [0.717, 1.165) is 0 Å². The van der Waals surface area contributed by atoms with Crippen molar-refractivity contribution in [1.82, 2.24) is 0 Å². The second-order valence-electron chi connectivity index (χ2n) is 3.97. The van der Waals surface area contributed by atoms with E-state index in [1.54, 1.807) is 6.08 Å². The van der Waals surface area contributed by atoms with Gasteiger partial charge in [-0.05, 0) is 0 Å². The highest BCUT2D eigenvalue weighted by Gasteiger charge is 2.33. The molecule has 0 amide bonds. The lowest BCUT2D eigenvalue weighted by Gasteiger charge is -2.29. The first-order chi connectivity index (χ1) is 6.09. The van der Waals surface area contributed by atoms with Crippen LogP contribution in [0.3, 0.4) is 0 Å². The van der Waals surface area contributed by atoms with Gasteiger partial charge in [-0.3, -0.25) is 5.41 Å². The van der Waals surface area contributed by atoms with E-state index >= 15 is 0 Å². The van der Waals surface area contributed by atoms with Gasteiger partial charge in [-0.1, -0.05) is 68.2 Å². The second-order valence-corrected chi connectivity index (χ2v) is 6.25. The van der Waals surface area contributed by atoms with Crippen molar-refractivity contribution in [2.45, 2.75) is 30.7 Å². The summed E-state index contributed by atoms with van der Waals surface area (Å²) in [5.41, 5.74) is -0.191. The largest absolute Gasteiger partial charge is 0.470 e. The van der Waals surface area contributed by atoms with Crippen LogP contribution in [-0.4, -0.2) is 15.8 Å². The Bertz CT molecular complexity index is 227. The fourth-order valence-corrected chi connectivity index (χ4v) is 0.906. The lowest BCUT2D eigenvalue weighted by Crippen LogP contribution is -2.33. The van der Waals surface area contributed by atoms with E-state index in [-0.39, 0.29) is 17.4 Å². The van der Waals surface area contributed by atoms with Crippen LogP contribution in [0.4, 0.5) is 0 Å². The topological polar surface area (TPSA) is 33.1 Å². The zero-order valence-electron chi connectivity index (χ0n) is 8.40. The van der Waals surface area contributed by atoms with Crippen molar-refractivity contribution in [2.24, 2.45) is 5.41 Å². The number of ether oxygens (including phenoxy) is 1. The Balaban J connectivity index is 4.51. The zero-order valence-corrected chi connectivity index (χ0v) is 10.7. The van der Waals surface area contributed by atoms with Gasteiger partial charge in [0.25, 0.3) is 3.79 Å². The second kappa shape index (κ2) is 4.73. The van der Waals surface area contributed by atoms with Crippen LogP contribution in [0, 0.1) is 10.8 Å². The van der Waals surface area contributed by atoms with Gasteiger partial charge in [-0.25, -0.2) is 0 Å². The lowest BCUT2D eigenvalue weighted by atomic mass is 9.89. The van der Waals surface area contributed by atoms with E-state index in [0.29, 0.717) is 0 Å². The van der Waals surface area contributed by atoms with Crippen molar-refractivity contribution in [3.8, 4) is 0 Å². The number of nitrogens with one attached hydrogen (secondary N) is 1. The van der Waals surface area contributed by atoms with E-state index in [2.05, 4.69) is 6.58 Å². The first-order valence-corrected chi connectivity index (χ1v) is 5.17. The Kier molecular flexibility index (Phi) is 4.76. The molecule has 0 aliphatic rings. The molecule has 0 saturated carbocycles. The molecule has 1 unspecified atom stereocenters. The highest BCUT2D eigenvalue weighted by Crippen LogP contribution is 2.31. The summed E-state index contributed by atoms with van der Waals surface area (Å²) < 4.78 is 3.38. The number of alkyl halides is 3. The molecule has 1 N–H and O–H groups in total. The van der Waals surface area contributed by atoms with Crippen molar-refractivity contribution in [2.75, 3.05) is 0 Å². The minimum Gasteiger partial charge on any atom is -0.470 e. The summed E-state index contributed by atoms with van der Waals surface area (Å²) in [6, 6.07) is 0. The predicted molar refractivity (Wildman–Crippen MR) is 62.5 cm³/mol. The third kappa shape index (κ3) is 4.54. The molecule has 0 aliphatic carbocycles. The van der Waals surface area contributed by atoms with Crippen LogP contribution in [0.15, 0.2) is 12.7 Å². The van der Waals surface area contributed by atoms with Gasteiger partial charge in [0.05, 0.1) is 0 Å². The Morgan fingerprint density at radius 2 is 1.79 bits per heavy atom. The molecule has 82 valence electrons. The van der Waals surface area contributed by atoms with Gasteiger partial charge in [0.15, 0.2) is 0 Å².